The molecule has 0 bridgehead atoms. The van der Waals surface area contributed by atoms with Gasteiger partial charge in [0, 0.05) is 23.6 Å². The van der Waals surface area contributed by atoms with E-state index in [1.165, 1.54) is 34.6 Å². The molecule has 3 aromatic rings. The summed E-state index contributed by atoms with van der Waals surface area (Å²) in [5, 5.41) is 2.96. The number of nitrogens with one attached hydrogen (secondary N) is 1. The summed E-state index contributed by atoms with van der Waals surface area (Å²) in [6.45, 7) is 5.33. The number of fused-ring (bicyclic) bond motifs is 1. The molecule has 0 fully saturated rings. The zero-order chi connectivity index (χ0) is 20.4. The van der Waals surface area contributed by atoms with Gasteiger partial charge >= 0.3 is 0 Å². The molecule has 29 heavy (non-hydrogen) atoms. The van der Waals surface area contributed by atoms with Crippen LogP contribution in [0.15, 0.2) is 66.7 Å². The number of hydrogen-bond acceptors (Lipinski definition) is 2. The van der Waals surface area contributed by atoms with Gasteiger partial charge in [0.2, 0.25) is 5.91 Å². The molecule has 0 spiro atoms. The van der Waals surface area contributed by atoms with E-state index in [2.05, 4.69) is 60.5 Å². The van der Waals surface area contributed by atoms with Crippen molar-refractivity contribution in [1.29, 1.82) is 0 Å². The lowest BCUT2D eigenvalue weighted by Crippen LogP contribution is -2.15. The minimum absolute atomic E-state index is 0.101. The van der Waals surface area contributed by atoms with E-state index in [1.807, 2.05) is 6.07 Å². The third kappa shape index (κ3) is 4.32. The van der Waals surface area contributed by atoms with Crippen molar-refractivity contribution in [2.75, 3.05) is 16.8 Å². The van der Waals surface area contributed by atoms with E-state index < -0.39 is 0 Å². The van der Waals surface area contributed by atoms with Crippen LogP contribution in [0.4, 0.5) is 21.5 Å². The summed E-state index contributed by atoms with van der Waals surface area (Å²) in [7, 11) is 0. The number of halogens is 1. The molecule has 4 heteroatoms. The van der Waals surface area contributed by atoms with E-state index in [-0.39, 0.29) is 18.1 Å². The molecule has 1 N–H and O–H groups in total. The van der Waals surface area contributed by atoms with Gasteiger partial charge in [0.05, 0.1) is 6.42 Å². The van der Waals surface area contributed by atoms with Crippen molar-refractivity contribution in [3.05, 3.63) is 89.2 Å². The van der Waals surface area contributed by atoms with Crippen LogP contribution < -0.4 is 10.2 Å². The highest BCUT2D eigenvalue weighted by atomic mass is 19.1. The molecule has 0 saturated heterocycles. The molecule has 3 aromatic carbocycles. The highest BCUT2D eigenvalue weighted by Crippen LogP contribution is 2.36. The Bertz CT molecular complexity index is 1010. The topological polar surface area (TPSA) is 32.3 Å². The van der Waals surface area contributed by atoms with E-state index in [4.69, 9.17) is 0 Å². The average Bonchev–Trinajstić information content (AvgIpc) is 3.13. The molecule has 1 amide bonds. The molecule has 0 radical (unpaired) electrons. The number of nitrogens with zero attached hydrogens (tertiary/aromatic N) is 1. The van der Waals surface area contributed by atoms with Crippen LogP contribution >= 0.6 is 0 Å². The highest BCUT2D eigenvalue weighted by Gasteiger charge is 2.21. The first-order valence-electron chi connectivity index (χ1n) is 10.0. The number of hydrogen-bond donors (Lipinski definition) is 1. The molecule has 0 saturated carbocycles. The molecule has 1 aliphatic heterocycles. The zero-order valence-electron chi connectivity index (χ0n) is 16.8. The van der Waals surface area contributed by atoms with E-state index in [9.17, 15) is 9.18 Å². The molecule has 148 valence electrons. The second-order valence-corrected chi connectivity index (χ2v) is 7.84. The Morgan fingerprint density at radius 1 is 1.03 bits per heavy atom. The molecule has 3 nitrogen and oxygen atoms in total. The van der Waals surface area contributed by atoms with Crippen molar-refractivity contribution in [1.82, 2.24) is 0 Å². The first kappa shape index (κ1) is 19.2. The third-order valence-electron chi connectivity index (χ3n) is 5.41. The third-order valence-corrected chi connectivity index (χ3v) is 5.41. The van der Waals surface area contributed by atoms with Crippen LogP contribution in [0.2, 0.25) is 0 Å². The number of anilines is 3. The standard InChI is InChI=1S/C25H25FN2O/c1-17(2)19-5-10-23(11-6-19)28-14-13-20-16-22(9-12-24(20)28)27-25(29)15-18-3-7-21(26)8-4-18/h3-12,16-17H,13-15H2,1-2H3,(H,27,29). The number of amides is 1. The predicted octanol–water partition coefficient (Wildman–Crippen LogP) is 5.82. The lowest BCUT2D eigenvalue weighted by molar-refractivity contribution is -0.115. The number of carbonyl (C=O) groups is 1. The Kier molecular flexibility index (Phi) is 5.34. The van der Waals surface area contributed by atoms with E-state index >= 15 is 0 Å². The maximum atomic E-state index is 13.0. The molecule has 0 aromatic heterocycles. The van der Waals surface area contributed by atoms with E-state index in [1.54, 1.807) is 12.1 Å². The van der Waals surface area contributed by atoms with Gasteiger partial charge in [-0.3, -0.25) is 4.79 Å². The molecule has 1 heterocycles. The Morgan fingerprint density at radius 2 is 1.76 bits per heavy atom. The summed E-state index contributed by atoms with van der Waals surface area (Å²) in [6.07, 6.45) is 1.18. The fraction of sp³-hybridized carbons (Fsp3) is 0.240. The number of benzene rings is 3. The average molecular weight is 388 g/mol. The SMILES string of the molecule is CC(C)c1ccc(N2CCc3cc(NC(=O)Cc4ccc(F)cc4)ccc32)cc1. The largest absolute Gasteiger partial charge is 0.341 e. The van der Waals surface area contributed by atoms with Gasteiger partial charge in [0.15, 0.2) is 0 Å². The van der Waals surface area contributed by atoms with Gasteiger partial charge in [-0.2, -0.15) is 0 Å². The van der Waals surface area contributed by atoms with Crippen molar-refractivity contribution >= 4 is 23.0 Å². The minimum atomic E-state index is -0.295. The Balaban J connectivity index is 1.45. The van der Waals surface area contributed by atoms with E-state index in [0.717, 1.165) is 24.2 Å². The van der Waals surface area contributed by atoms with Crippen molar-refractivity contribution < 1.29 is 9.18 Å². The monoisotopic (exact) mass is 388 g/mol. The first-order chi connectivity index (χ1) is 14.0. The normalized spacial score (nSPS) is 12.9. The van der Waals surface area contributed by atoms with Gasteiger partial charge in [0.1, 0.15) is 5.82 Å². The lowest BCUT2D eigenvalue weighted by Gasteiger charge is -2.20. The summed E-state index contributed by atoms with van der Waals surface area (Å²) in [5.41, 5.74) is 6.55. The van der Waals surface area contributed by atoms with Crippen LogP contribution in [0.3, 0.4) is 0 Å². The maximum absolute atomic E-state index is 13.0. The predicted molar refractivity (Wildman–Crippen MR) is 116 cm³/mol. The van der Waals surface area contributed by atoms with Crippen molar-refractivity contribution in [2.24, 2.45) is 0 Å². The van der Waals surface area contributed by atoms with Crippen LogP contribution in [-0.4, -0.2) is 12.5 Å². The van der Waals surface area contributed by atoms with E-state index in [0.29, 0.717) is 5.92 Å². The van der Waals surface area contributed by atoms with Crippen LogP contribution in [0.25, 0.3) is 0 Å². The molecule has 1 aliphatic rings. The minimum Gasteiger partial charge on any atom is -0.341 e. The zero-order valence-corrected chi connectivity index (χ0v) is 16.8. The number of rotatable bonds is 5. The summed E-state index contributed by atoms with van der Waals surface area (Å²) in [6, 6.07) is 20.9. The van der Waals surface area contributed by atoms with Gasteiger partial charge in [-0.15, -0.1) is 0 Å². The molecule has 0 atom stereocenters. The van der Waals surface area contributed by atoms with Gasteiger partial charge in [-0.25, -0.2) is 4.39 Å². The smallest absolute Gasteiger partial charge is 0.228 e. The van der Waals surface area contributed by atoms with Crippen LogP contribution in [0.1, 0.15) is 36.5 Å². The molecular weight excluding hydrogens is 363 g/mol. The Morgan fingerprint density at radius 3 is 2.45 bits per heavy atom. The van der Waals surface area contributed by atoms with Gasteiger partial charge in [0.25, 0.3) is 0 Å². The molecular formula is C25H25FN2O. The first-order valence-corrected chi connectivity index (χ1v) is 10.0. The summed E-state index contributed by atoms with van der Waals surface area (Å²) in [5.74, 6) is 0.128. The van der Waals surface area contributed by atoms with Gasteiger partial charge in [-0.1, -0.05) is 38.1 Å². The summed E-state index contributed by atoms with van der Waals surface area (Å²) in [4.78, 5) is 14.6. The Hall–Kier alpha value is -3.14. The summed E-state index contributed by atoms with van der Waals surface area (Å²) >= 11 is 0. The highest BCUT2D eigenvalue weighted by molar-refractivity contribution is 5.92. The van der Waals surface area contributed by atoms with Crippen molar-refractivity contribution in [3.63, 3.8) is 0 Å². The van der Waals surface area contributed by atoms with Gasteiger partial charge < -0.3 is 10.2 Å². The van der Waals surface area contributed by atoms with Crippen molar-refractivity contribution in [3.8, 4) is 0 Å². The molecule has 0 unspecified atom stereocenters. The molecule has 4 rings (SSSR count). The van der Waals surface area contributed by atoms with Crippen LogP contribution in [0.5, 0.6) is 0 Å². The summed E-state index contributed by atoms with van der Waals surface area (Å²) < 4.78 is 13.0. The van der Waals surface area contributed by atoms with Crippen LogP contribution in [0, 0.1) is 5.82 Å². The van der Waals surface area contributed by atoms with Crippen LogP contribution in [-0.2, 0) is 17.6 Å². The fourth-order valence-electron chi connectivity index (χ4n) is 3.78. The van der Waals surface area contributed by atoms with Crippen molar-refractivity contribution in [2.45, 2.75) is 32.6 Å². The number of carbonyl (C=O) groups excluding carboxylic acids is 1. The second kappa shape index (κ2) is 8.08. The molecule has 0 aliphatic carbocycles. The second-order valence-electron chi connectivity index (χ2n) is 7.84. The van der Waals surface area contributed by atoms with Gasteiger partial charge in [-0.05, 0) is 71.5 Å². The Labute approximate surface area is 171 Å². The quantitative estimate of drug-likeness (QED) is 0.597. The fourth-order valence-corrected chi connectivity index (χ4v) is 3.78. The maximum Gasteiger partial charge on any atom is 0.228 e. The lowest BCUT2D eigenvalue weighted by atomic mass is 10.0.